The van der Waals surface area contributed by atoms with Crippen molar-refractivity contribution < 1.29 is 18.7 Å². The van der Waals surface area contributed by atoms with E-state index in [-0.39, 0.29) is 29.0 Å². The minimum absolute atomic E-state index is 0.0398. The second kappa shape index (κ2) is 9.18. The number of carbonyl (C=O) groups is 2. The predicted molar refractivity (Wildman–Crippen MR) is 128 cm³/mol. The molecule has 0 saturated heterocycles. The molecule has 174 valence electrons. The third kappa shape index (κ3) is 4.38. The molecule has 4 rings (SSSR count). The van der Waals surface area contributed by atoms with Gasteiger partial charge in [0.2, 0.25) is 0 Å². The standard InChI is InChI=1S/C24H23FN6O3/c1-13(2)31-11-17(20-22(26)27-12-28-23(20)31)21(32)14-7-8-19(34-3)18(9-14)30-24(33)29-16-6-4-5-15(25)10-16/h4-13H,1-3H3,(H2,26,27,28)(H2,29,30,33). The van der Waals surface area contributed by atoms with Crippen molar-refractivity contribution in [2.75, 3.05) is 23.5 Å². The average molecular weight is 462 g/mol. The van der Waals surface area contributed by atoms with Gasteiger partial charge in [0.15, 0.2) is 5.78 Å². The van der Waals surface area contributed by atoms with Gasteiger partial charge in [0, 0.05) is 23.5 Å². The van der Waals surface area contributed by atoms with Crippen LogP contribution in [0.25, 0.3) is 11.0 Å². The van der Waals surface area contributed by atoms with Crippen LogP contribution in [-0.4, -0.2) is 33.5 Å². The Hall–Kier alpha value is -4.47. The summed E-state index contributed by atoms with van der Waals surface area (Å²) in [6.45, 7) is 3.94. The van der Waals surface area contributed by atoms with E-state index in [9.17, 15) is 14.0 Å². The molecule has 0 aliphatic carbocycles. The molecule has 2 aromatic carbocycles. The maximum atomic E-state index is 13.5. The van der Waals surface area contributed by atoms with Crippen molar-refractivity contribution in [2.24, 2.45) is 0 Å². The van der Waals surface area contributed by atoms with Gasteiger partial charge in [-0.25, -0.2) is 19.2 Å². The Kier molecular flexibility index (Phi) is 6.13. The number of ether oxygens (including phenoxy) is 1. The lowest BCUT2D eigenvalue weighted by atomic mass is 10.0. The van der Waals surface area contributed by atoms with Crippen LogP contribution in [0.15, 0.2) is 55.0 Å². The van der Waals surface area contributed by atoms with Crippen LogP contribution in [0, 0.1) is 5.82 Å². The van der Waals surface area contributed by atoms with E-state index in [0.29, 0.717) is 27.9 Å². The summed E-state index contributed by atoms with van der Waals surface area (Å²) in [5.41, 5.74) is 7.83. The molecule has 0 saturated carbocycles. The third-order valence-corrected chi connectivity index (χ3v) is 5.23. The van der Waals surface area contributed by atoms with Gasteiger partial charge in [0.1, 0.15) is 29.4 Å². The Morgan fingerprint density at radius 3 is 2.62 bits per heavy atom. The number of nitrogen functional groups attached to an aromatic ring is 1. The van der Waals surface area contributed by atoms with Crippen molar-refractivity contribution in [3.63, 3.8) is 0 Å². The van der Waals surface area contributed by atoms with Crippen molar-refractivity contribution in [1.82, 2.24) is 14.5 Å². The molecule has 0 radical (unpaired) electrons. The van der Waals surface area contributed by atoms with E-state index in [2.05, 4.69) is 20.6 Å². The monoisotopic (exact) mass is 462 g/mol. The van der Waals surface area contributed by atoms with Crippen LogP contribution in [-0.2, 0) is 0 Å². The third-order valence-electron chi connectivity index (χ3n) is 5.23. The molecule has 2 heterocycles. The zero-order valence-corrected chi connectivity index (χ0v) is 18.8. The number of carbonyl (C=O) groups excluding carboxylic acids is 2. The number of nitrogens with zero attached hydrogens (tertiary/aromatic N) is 3. The van der Waals surface area contributed by atoms with Crippen molar-refractivity contribution in [2.45, 2.75) is 19.9 Å². The number of rotatable bonds is 6. The first kappa shape index (κ1) is 22.7. The molecule has 0 fully saturated rings. The van der Waals surface area contributed by atoms with E-state index in [0.717, 1.165) is 0 Å². The lowest BCUT2D eigenvalue weighted by Gasteiger charge is -2.13. The number of hydrogen-bond donors (Lipinski definition) is 3. The van der Waals surface area contributed by atoms with Gasteiger partial charge in [-0.15, -0.1) is 0 Å². The normalized spacial score (nSPS) is 11.0. The summed E-state index contributed by atoms with van der Waals surface area (Å²) >= 11 is 0. The summed E-state index contributed by atoms with van der Waals surface area (Å²) in [7, 11) is 1.45. The fourth-order valence-electron chi connectivity index (χ4n) is 3.63. The molecule has 9 nitrogen and oxygen atoms in total. The number of hydrogen-bond acceptors (Lipinski definition) is 6. The van der Waals surface area contributed by atoms with Crippen LogP contribution >= 0.6 is 0 Å². The highest BCUT2D eigenvalue weighted by atomic mass is 19.1. The van der Waals surface area contributed by atoms with Gasteiger partial charge >= 0.3 is 6.03 Å². The van der Waals surface area contributed by atoms with E-state index >= 15 is 0 Å². The second-order valence-corrected chi connectivity index (χ2v) is 7.83. The van der Waals surface area contributed by atoms with Crippen LogP contribution in [0.3, 0.4) is 0 Å². The largest absolute Gasteiger partial charge is 0.495 e. The summed E-state index contributed by atoms with van der Waals surface area (Å²) in [6.07, 6.45) is 3.06. The molecule has 0 unspecified atom stereocenters. The fraction of sp³-hybridized carbons (Fsp3) is 0.167. The molecule has 0 aliphatic heterocycles. The van der Waals surface area contributed by atoms with Crippen LogP contribution < -0.4 is 21.1 Å². The zero-order valence-electron chi connectivity index (χ0n) is 18.8. The quantitative estimate of drug-likeness (QED) is 0.359. The lowest BCUT2D eigenvalue weighted by molar-refractivity contribution is 0.104. The van der Waals surface area contributed by atoms with Gasteiger partial charge in [0.05, 0.1) is 23.7 Å². The van der Waals surface area contributed by atoms with Gasteiger partial charge in [-0.2, -0.15) is 0 Å². The number of nitrogens with two attached hydrogens (primary N) is 1. The zero-order chi connectivity index (χ0) is 24.4. The topological polar surface area (TPSA) is 124 Å². The van der Waals surface area contributed by atoms with E-state index in [1.807, 2.05) is 18.4 Å². The number of nitrogens with one attached hydrogen (secondary N) is 2. The van der Waals surface area contributed by atoms with Crippen molar-refractivity contribution in [1.29, 1.82) is 0 Å². The average Bonchev–Trinajstić information content (AvgIpc) is 3.20. The lowest BCUT2D eigenvalue weighted by Crippen LogP contribution is -2.20. The first-order valence-corrected chi connectivity index (χ1v) is 10.5. The first-order chi connectivity index (χ1) is 16.3. The highest BCUT2D eigenvalue weighted by Gasteiger charge is 2.22. The van der Waals surface area contributed by atoms with Gasteiger partial charge in [0.25, 0.3) is 0 Å². The number of halogens is 1. The molecule has 10 heteroatoms. The number of methoxy groups -OCH3 is 1. The summed E-state index contributed by atoms with van der Waals surface area (Å²) in [6, 6.07) is 9.58. The minimum atomic E-state index is -0.623. The number of urea groups is 1. The first-order valence-electron chi connectivity index (χ1n) is 10.5. The number of anilines is 3. The van der Waals surface area contributed by atoms with Crippen LogP contribution in [0.5, 0.6) is 5.75 Å². The number of benzene rings is 2. The van der Waals surface area contributed by atoms with E-state index in [1.165, 1.54) is 37.7 Å². The van der Waals surface area contributed by atoms with Gasteiger partial charge in [-0.3, -0.25) is 4.79 Å². The van der Waals surface area contributed by atoms with Crippen LogP contribution in [0.1, 0.15) is 35.8 Å². The molecule has 0 bridgehead atoms. The molecule has 0 atom stereocenters. The number of amides is 2. The smallest absolute Gasteiger partial charge is 0.323 e. The highest BCUT2D eigenvalue weighted by Crippen LogP contribution is 2.31. The van der Waals surface area contributed by atoms with Gasteiger partial charge in [-0.1, -0.05) is 6.07 Å². The Balaban J connectivity index is 1.68. The molecule has 2 amide bonds. The minimum Gasteiger partial charge on any atom is -0.495 e. The molecule has 0 spiro atoms. The second-order valence-electron chi connectivity index (χ2n) is 7.83. The number of aromatic nitrogens is 3. The summed E-state index contributed by atoms with van der Waals surface area (Å²) in [4.78, 5) is 34.3. The van der Waals surface area contributed by atoms with E-state index in [1.54, 1.807) is 24.4 Å². The molecule has 4 aromatic rings. The molecule has 2 aromatic heterocycles. The SMILES string of the molecule is COc1ccc(C(=O)c2cn(C(C)C)c3ncnc(N)c23)cc1NC(=O)Nc1cccc(F)c1. The Labute approximate surface area is 194 Å². The van der Waals surface area contributed by atoms with E-state index in [4.69, 9.17) is 10.5 Å². The maximum Gasteiger partial charge on any atom is 0.323 e. The van der Waals surface area contributed by atoms with Crippen LogP contribution in [0.2, 0.25) is 0 Å². The van der Waals surface area contributed by atoms with Crippen LogP contribution in [0.4, 0.5) is 26.4 Å². The van der Waals surface area contributed by atoms with E-state index < -0.39 is 11.8 Å². The number of fused-ring (bicyclic) bond motifs is 1. The molecular formula is C24H23FN6O3. The predicted octanol–water partition coefficient (Wildman–Crippen LogP) is 4.62. The van der Waals surface area contributed by atoms with Gasteiger partial charge < -0.3 is 25.7 Å². The Bertz CT molecular complexity index is 1400. The fourth-order valence-corrected chi connectivity index (χ4v) is 3.63. The van der Waals surface area contributed by atoms with Crippen molar-refractivity contribution in [3.05, 3.63) is 71.9 Å². The van der Waals surface area contributed by atoms with Gasteiger partial charge in [-0.05, 0) is 50.2 Å². The number of ketones is 1. The summed E-state index contributed by atoms with van der Waals surface area (Å²) < 4.78 is 20.6. The summed E-state index contributed by atoms with van der Waals surface area (Å²) in [5.74, 6) is -0.249. The maximum absolute atomic E-state index is 13.5. The summed E-state index contributed by atoms with van der Waals surface area (Å²) in [5, 5.41) is 5.66. The molecule has 34 heavy (non-hydrogen) atoms. The molecule has 0 aliphatic rings. The van der Waals surface area contributed by atoms with Crippen molar-refractivity contribution >= 4 is 40.0 Å². The highest BCUT2D eigenvalue weighted by molar-refractivity contribution is 6.18. The molecular weight excluding hydrogens is 439 g/mol. The Morgan fingerprint density at radius 2 is 1.91 bits per heavy atom. The Morgan fingerprint density at radius 1 is 1.12 bits per heavy atom. The van der Waals surface area contributed by atoms with Crippen molar-refractivity contribution in [3.8, 4) is 5.75 Å². The molecule has 4 N–H and O–H groups in total.